The predicted molar refractivity (Wildman–Crippen MR) is 121 cm³/mol. The van der Waals surface area contributed by atoms with Crippen LogP contribution in [0.25, 0.3) is 5.65 Å². The number of aromatic nitrogens is 3. The van der Waals surface area contributed by atoms with Crippen LogP contribution in [-0.4, -0.2) is 77.5 Å². The highest BCUT2D eigenvalue weighted by Gasteiger charge is 2.22. The van der Waals surface area contributed by atoms with E-state index in [0.29, 0.717) is 35.6 Å². The standard InChI is InChI=1S/C23H28N6O3/c1-3-19-22(27(2)23(31)17-6-8-24-9-7-17)29-16-18(4-5-20(29)26-19)21(30)25-10-11-28-12-14-32-15-13-28/h4-9,16H,3,10-15H2,1-2H3,(H,25,30). The van der Waals surface area contributed by atoms with Gasteiger partial charge in [-0.1, -0.05) is 6.92 Å². The van der Waals surface area contributed by atoms with E-state index in [1.165, 1.54) is 0 Å². The molecule has 0 bridgehead atoms. The highest BCUT2D eigenvalue weighted by atomic mass is 16.5. The molecule has 0 aromatic carbocycles. The van der Waals surface area contributed by atoms with Gasteiger partial charge in [-0.25, -0.2) is 4.98 Å². The van der Waals surface area contributed by atoms with Crippen molar-refractivity contribution in [2.75, 3.05) is 51.3 Å². The van der Waals surface area contributed by atoms with Crippen molar-refractivity contribution in [3.63, 3.8) is 0 Å². The normalized spacial score (nSPS) is 14.4. The topological polar surface area (TPSA) is 92.1 Å². The molecule has 0 atom stereocenters. The SMILES string of the molecule is CCc1nc2ccc(C(=O)NCCN3CCOCC3)cn2c1N(C)C(=O)c1ccncc1. The van der Waals surface area contributed by atoms with Gasteiger partial charge in [0, 0.05) is 57.4 Å². The van der Waals surface area contributed by atoms with E-state index in [2.05, 4.69) is 20.2 Å². The molecule has 2 amide bonds. The lowest BCUT2D eigenvalue weighted by Gasteiger charge is -2.26. The third-order valence-corrected chi connectivity index (χ3v) is 5.63. The van der Waals surface area contributed by atoms with Gasteiger partial charge < -0.3 is 10.1 Å². The predicted octanol–water partition coefficient (Wildman–Crippen LogP) is 1.63. The molecule has 168 valence electrons. The second-order valence-electron chi connectivity index (χ2n) is 7.69. The number of aryl methyl sites for hydroxylation is 1. The van der Waals surface area contributed by atoms with Crippen LogP contribution in [-0.2, 0) is 11.2 Å². The van der Waals surface area contributed by atoms with Gasteiger partial charge in [-0.3, -0.25) is 28.8 Å². The number of pyridine rings is 2. The molecular formula is C23H28N6O3. The van der Waals surface area contributed by atoms with Crippen LogP contribution in [0.15, 0.2) is 42.9 Å². The molecule has 1 aliphatic heterocycles. The Labute approximate surface area is 187 Å². The van der Waals surface area contributed by atoms with E-state index < -0.39 is 0 Å². The third kappa shape index (κ3) is 4.63. The number of amides is 2. The Hall–Kier alpha value is -3.30. The van der Waals surface area contributed by atoms with Crippen LogP contribution in [0.2, 0.25) is 0 Å². The highest BCUT2D eigenvalue weighted by Crippen LogP contribution is 2.24. The van der Waals surface area contributed by atoms with Crippen molar-refractivity contribution in [3.8, 4) is 0 Å². The second kappa shape index (κ2) is 9.88. The molecule has 0 unspecified atom stereocenters. The average molecular weight is 437 g/mol. The van der Waals surface area contributed by atoms with Crippen LogP contribution in [0, 0.1) is 0 Å². The van der Waals surface area contributed by atoms with E-state index in [-0.39, 0.29) is 11.8 Å². The van der Waals surface area contributed by atoms with Gasteiger partial charge in [-0.15, -0.1) is 0 Å². The molecular weight excluding hydrogens is 408 g/mol. The number of imidazole rings is 1. The number of carbonyl (C=O) groups excluding carboxylic acids is 2. The molecule has 0 radical (unpaired) electrons. The van der Waals surface area contributed by atoms with Gasteiger partial charge in [0.1, 0.15) is 11.5 Å². The highest BCUT2D eigenvalue weighted by molar-refractivity contribution is 6.05. The fraction of sp³-hybridized carbons (Fsp3) is 0.391. The summed E-state index contributed by atoms with van der Waals surface area (Å²) in [5.41, 5.74) is 2.54. The minimum atomic E-state index is -0.163. The minimum absolute atomic E-state index is 0.152. The maximum absolute atomic E-state index is 13.0. The molecule has 0 aliphatic carbocycles. The molecule has 4 heterocycles. The lowest BCUT2D eigenvalue weighted by atomic mass is 10.2. The number of carbonyl (C=O) groups is 2. The van der Waals surface area contributed by atoms with Gasteiger partial charge in [-0.2, -0.15) is 0 Å². The van der Waals surface area contributed by atoms with Crippen LogP contribution in [0.1, 0.15) is 33.3 Å². The molecule has 1 aliphatic rings. The third-order valence-electron chi connectivity index (χ3n) is 5.63. The molecule has 0 saturated carbocycles. The summed E-state index contributed by atoms with van der Waals surface area (Å²) in [4.78, 5) is 38.3. The summed E-state index contributed by atoms with van der Waals surface area (Å²) in [7, 11) is 1.72. The zero-order chi connectivity index (χ0) is 22.5. The summed E-state index contributed by atoms with van der Waals surface area (Å²) in [5, 5.41) is 2.99. The number of morpholine rings is 1. The number of nitrogens with zero attached hydrogens (tertiary/aromatic N) is 5. The van der Waals surface area contributed by atoms with Gasteiger partial charge in [-0.05, 0) is 30.7 Å². The van der Waals surface area contributed by atoms with E-state index in [0.717, 1.165) is 38.5 Å². The summed E-state index contributed by atoms with van der Waals surface area (Å²) in [6.45, 7) is 6.59. The summed E-state index contributed by atoms with van der Waals surface area (Å²) in [6, 6.07) is 6.94. The fourth-order valence-electron chi connectivity index (χ4n) is 3.85. The van der Waals surface area contributed by atoms with Gasteiger partial charge in [0.05, 0.1) is 24.5 Å². The summed E-state index contributed by atoms with van der Waals surface area (Å²) < 4.78 is 7.17. The maximum atomic E-state index is 13.0. The quantitative estimate of drug-likeness (QED) is 0.605. The number of nitrogens with one attached hydrogen (secondary N) is 1. The lowest BCUT2D eigenvalue weighted by Crippen LogP contribution is -2.41. The van der Waals surface area contributed by atoms with E-state index in [9.17, 15) is 9.59 Å². The van der Waals surface area contributed by atoms with Crippen LogP contribution in [0.5, 0.6) is 0 Å². The van der Waals surface area contributed by atoms with Crippen LogP contribution >= 0.6 is 0 Å². The van der Waals surface area contributed by atoms with Gasteiger partial charge in [0.15, 0.2) is 0 Å². The minimum Gasteiger partial charge on any atom is -0.379 e. The molecule has 1 saturated heterocycles. The Morgan fingerprint density at radius 2 is 1.88 bits per heavy atom. The first-order valence-corrected chi connectivity index (χ1v) is 10.9. The second-order valence-corrected chi connectivity index (χ2v) is 7.69. The van der Waals surface area contributed by atoms with Crippen LogP contribution < -0.4 is 10.2 Å². The maximum Gasteiger partial charge on any atom is 0.259 e. The molecule has 0 spiro atoms. The Kier molecular flexibility index (Phi) is 6.77. The Bertz CT molecular complexity index is 1090. The van der Waals surface area contributed by atoms with Gasteiger partial charge in [0.25, 0.3) is 11.8 Å². The molecule has 9 nitrogen and oxygen atoms in total. The summed E-state index contributed by atoms with van der Waals surface area (Å²) >= 11 is 0. The molecule has 3 aromatic heterocycles. The van der Waals surface area contributed by atoms with Crippen molar-refractivity contribution >= 4 is 23.3 Å². The Balaban J connectivity index is 1.54. The average Bonchev–Trinajstić information content (AvgIpc) is 3.22. The first-order valence-electron chi connectivity index (χ1n) is 10.9. The zero-order valence-electron chi connectivity index (χ0n) is 18.5. The molecule has 1 fully saturated rings. The van der Waals surface area contributed by atoms with Crippen molar-refractivity contribution in [2.24, 2.45) is 0 Å². The number of rotatable bonds is 7. The van der Waals surface area contributed by atoms with Gasteiger partial charge in [0.2, 0.25) is 0 Å². The first kappa shape index (κ1) is 21.9. The van der Waals surface area contributed by atoms with Gasteiger partial charge >= 0.3 is 0 Å². The number of ether oxygens (including phenoxy) is 1. The van der Waals surface area contributed by atoms with E-state index in [4.69, 9.17) is 4.74 Å². The van der Waals surface area contributed by atoms with Crippen molar-refractivity contribution in [3.05, 3.63) is 59.7 Å². The van der Waals surface area contributed by atoms with Crippen LogP contribution in [0.3, 0.4) is 0 Å². The molecule has 1 N–H and O–H groups in total. The molecule has 9 heteroatoms. The van der Waals surface area contributed by atoms with Crippen molar-refractivity contribution < 1.29 is 14.3 Å². The zero-order valence-corrected chi connectivity index (χ0v) is 18.5. The van der Waals surface area contributed by atoms with Crippen molar-refractivity contribution in [1.82, 2.24) is 24.6 Å². The number of hydrogen-bond donors (Lipinski definition) is 1. The number of fused-ring (bicyclic) bond motifs is 1. The van der Waals surface area contributed by atoms with E-state index in [1.54, 1.807) is 48.7 Å². The smallest absolute Gasteiger partial charge is 0.259 e. The largest absolute Gasteiger partial charge is 0.379 e. The molecule has 3 aromatic rings. The van der Waals surface area contributed by atoms with E-state index >= 15 is 0 Å². The first-order chi connectivity index (χ1) is 15.6. The fourth-order valence-corrected chi connectivity index (χ4v) is 3.85. The number of anilines is 1. The Morgan fingerprint density at radius 1 is 1.12 bits per heavy atom. The lowest BCUT2D eigenvalue weighted by molar-refractivity contribution is 0.0383. The monoisotopic (exact) mass is 436 g/mol. The number of hydrogen-bond acceptors (Lipinski definition) is 6. The Morgan fingerprint density at radius 3 is 2.59 bits per heavy atom. The van der Waals surface area contributed by atoms with Crippen molar-refractivity contribution in [2.45, 2.75) is 13.3 Å². The van der Waals surface area contributed by atoms with Crippen LogP contribution in [0.4, 0.5) is 5.82 Å². The van der Waals surface area contributed by atoms with Crippen molar-refractivity contribution in [1.29, 1.82) is 0 Å². The molecule has 32 heavy (non-hydrogen) atoms. The van der Waals surface area contributed by atoms with E-state index in [1.807, 2.05) is 17.4 Å². The summed E-state index contributed by atoms with van der Waals surface area (Å²) in [6.07, 6.45) is 5.59. The molecule has 4 rings (SSSR count). The summed E-state index contributed by atoms with van der Waals surface area (Å²) in [5.74, 6) is 0.345.